The zero-order chi connectivity index (χ0) is 27.6. The first-order valence-corrected chi connectivity index (χ1v) is 12.7. The second-order valence-electron chi connectivity index (χ2n) is 9.72. The van der Waals surface area contributed by atoms with Crippen LogP contribution < -0.4 is 10.6 Å². The smallest absolute Gasteiger partial charge is 0.396 e. The molecule has 2 amide bonds. The van der Waals surface area contributed by atoms with Crippen LogP contribution in [0.15, 0.2) is 72.8 Å². The number of hydrogen-bond acceptors (Lipinski definition) is 4. The molecule has 5 rings (SSSR count). The minimum absolute atomic E-state index is 0.0284. The molecule has 0 unspecified atom stereocenters. The average Bonchev–Trinajstić information content (AvgIpc) is 3.30. The molecular weight excluding hydrogens is 509 g/mol. The summed E-state index contributed by atoms with van der Waals surface area (Å²) in [5, 5.41) is 15.1. The molecule has 1 fully saturated rings. The maximum Gasteiger partial charge on any atom is 0.416 e. The average molecular weight is 537 g/mol. The molecule has 3 N–H and O–H groups in total. The maximum atomic E-state index is 13.2. The van der Waals surface area contributed by atoms with Crippen molar-refractivity contribution >= 4 is 34.5 Å². The molecule has 4 aromatic rings. The van der Waals surface area contributed by atoms with E-state index in [1.54, 1.807) is 42.5 Å². The van der Waals surface area contributed by atoms with E-state index in [1.807, 2.05) is 10.6 Å². The monoisotopic (exact) mass is 536 g/mol. The highest BCUT2D eigenvalue weighted by Gasteiger charge is 2.31. The predicted molar refractivity (Wildman–Crippen MR) is 142 cm³/mol. The Hall–Kier alpha value is -4.18. The number of alkyl halides is 3. The lowest BCUT2D eigenvalue weighted by atomic mass is 9.86. The summed E-state index contributed by atoms with van der Waals surface area (Å²) in [4.78, 5) is 30.3. The minimum Gasteiger partial charge on any atom is -0.396 e. The third-order valence-electron chi connectivity index (χ3n) is 7.10. The molecule has 202 valence electrons. The summed E-state index contributed by atoms with van der Waals surface area (Å²) >= 11 is 0. The number of aromatic nitrogens is 2. The van der Waals surface area contributed by atoms with Gasteiger partial charge in [0.05, 0.1) is 16.6 Å². The van der Waals surface area contributed by atoms with E-state index in [-0.39, 0.29) is 36.0 Å². The number of anilines is 2. The summed E-state index contributed by atoms with van der Waals surface area (Å²) in [6.07, 6.45) is -1.49. The minimum atomic E-state index is -4.57. The number of aliphatic hydroxyl groups excluding tert-OH is 1. The van der Waals surface area contributed by atoms with Crippen LogP contribution in [0.1, 0.15) is 58.0 Å². The molecule has 1 heterocycles. The van der Waals surface area contributed by atoms with E-state index in [9.17, 15) is 27.9 Å². The molecule has 1 aliphatic rings. The number of nitrogens with zero attached hydrogens (tertiary/aromatic N) is 2. The van der Waals surface area contributed by atoms with Crippen molar-refractivity contribution in [3.8, 4) is 0 Å². The van der Waals surface area contributed by atoms with E-state index in [1.165, 1.54) is 12.1 Å². The molecule has 1 aromatic heterocycles. The van der Waals surface area contributed by atoms with E-state index in [4.69, 9.17) is 0 Å². The van der Waals surface area contributed by atoms with Crippen LogP contribution in [0.3, 0.4) is 0 Å². The van der Waals surface area contributed by atoms with Gasteiger partial charge in [-0.3, -0.25) is 14.9 Å². The molecule has 7 nitrogen and oxygen atoms in total. The van der Waals surface area contributed by atoms with Gasteiger partial charge in [-0.2, -0.15) is 13.2 Å². The summed E-state index contributed by atoms with van der Waals surface area (Å²) in [5.41, 5.74) is 1.20. The number of benzene rings is 3. The van der Waals surface area contributed by atoms with Gasteiger partial charge in [-0.25, -0.2) is 4.98 Å². The molecule has 0 saturated heterocycles. The highest BCUT2D eigenvalue weighted by Crippen LogP contribution is 2.37. The van der Waals surface area contributed by atoms with Crippen molar-refractivity contribution in [1.82, 2.24) is 9.55 Å². The van der Waals surface area contributed by atoms with Gasteiger partial charge in [0.25, 0.3) is 11.8 Å². The van der Waals surface area contributed by atoms with Crippen LogP contribution in [0.25, 0.3) is 11.0 Å². The molecule has 39 heavy (non-hydrogen) atoms. The first-order chi connectivity index (χ1) is 18.7. The number of fused-ring (bicyclic) bond motifs is 1. The SMILES string of the molecule is O=C(Nc1ccc2c(c1)nc(NC(=O)c1cccc(C(F)(F)F)c1)n2[C@H]1CC[C@@H](CO)CC1)c1ccccc1. The molecular formula is C29H27F3N4O3. The number of imidazole rings is 1. The van der Waals surface area contributed by atoms with E-state index < -0.39 is 17.6 Å². The Morgan fingerprint density at radius 2 is 1.56 bits per heavy atom. The Bertz CT molecular complexity index is 1490. The molecule has 1 saturated carbocycles. The topological polar surface area (TPSA) is 96.3 Å². The van der Waals surface area contributed by atoms with Crippen molar-refractivity contribution in [2.75, 3.05) is 17.2 Å². The lowest BCUT2D eigenvalue weighted by Crippen LogP contribution is -2.23. The number of aliphatic hydroxyl groups is 1. The summed E-state index contributed by atoms with van der Waals surface area (Å²) in [6.45, 7) is 0.112. The van der Waals surface area contributed by atoms with Crippen LogP contribution in [-0.4, -0.2) is 33.1 Å². The highest BCUT2D eigenvalue weighted by atomic mass is 19.4. The third-order valence-corrected chi connectivity index (χ3v) is 7.10. The molecule has 0 atom stereocenters. The third kappa shape index (κ3) is 5.80. The molecule has 10 heteroatoms. The maximum absolute atomic E-state index is 13.2. The van der Waals surface area contributed by atoms with E-state index >= 15 is 0 Å². The standard InChI is InChI=1S/C29H27F3N4O3/c30-29(31,32)21-8-4-7-20(15-21)27(39)35-28-34-24-16-22(33-26(38)19-5-2-1-3-6-19)11-14-25(24)36(28)23-12-9-18(17-37)10-13-23/h1-8,11,14-16,18,23,37H,9-10,12-13,17H2,(H,33,38)(H,34,35,39)/t18-,23+. The first-order valence-electron chi connectivity index (χ1n) is 12.7. The fraction of sp³-hybridized carbons (Fsp3) is 0.276. The highest BCUT2D eigenvalue weighted by molar-refractivity contribution is 6.06. The van der Waals surface area contributed by atoms with Gasteiger partial charge in [-0.05, 0) is 80.1 Å². The summed E-state index contributed by atoms with van der Waals surface area (Å²) in [5.74, 6) is -0.570. The molecule has 0 spiro atoms. The quantitative estimate of drug-likeness (QED) is 0.270. The summed E-state index contributed by atoms with van der Waals surface area (Å²) in [7, 11) is 0. The van der Waals surface area contributed by atoms with Crippen LogP contribution in [0.2, 0.25) is 0 Å². The van der Waals surface area contributed by atoms with Crippen LogP contribution in [0.4, 0.5) is 24.8 Å². The number of carbonyl (C=O) groups excluding carboxylic acids is 2. The first kappa shape index (κ1) is 26.4. The Kier molecular flexibility index (Phi) is 7.38. The predicted octanol–water partition coefficient (Wildman–Crippen LogP) is 6.28. The second-order valence-corrected chi connectivity index (χ2v) is 9.72. The number of rotatable bonds is 6. The normalized spacial score (nSPS) is 17.6. The van der Waals surface area contributed by atoms with Crippen molar-refractivity contribution in [1.29, 1.82) is 0 Å². The lowest BCUT2D eigenvalue weighted by molar-refractivity contribution is -0.137. The van der Waals surface area contributed by atoms with Crippen LogP contribution >= 0.6 is 0 Å². The van der Waals surface area contributed by atoms with Gasteiger partial charge in [0.2, 0.25) is 5.95 Å². The van der Waals surface area contributed by atoms with E-state index in [0.717, 1.165) is 43.3 Å². The van der Waals surface area contributed by atoms with Crippen molar-refractivity contribution in [2.24, 2.45) is 5.92 Å². The van der Waals surface area contributed by atoms with Crippen molar-refractivity contribution < 1.29 is 27.9 Å². The largest absolute Gasteiger partial charge is 0.416 e. The van der Waals surface area contributed by atoms with Gasteiger partial charge >= 0.3 is 6.18 Å². The van der Waals surface area contributed by atoms with Crippen LogP contribution in [0.5, 0.6) is 0 Å². The molecule has 0 radical (unpaired) electrons. The number of amides is 2. The lowest BCUT2D eigenvalue weighted by Gasteiger charge is -2.29. The number of halogens is 3. The zero-order valence-corrected chi connectivity index (χ0v) is 20.9. The summed E-state index contributed by atoms with van der Waals surface area (Å²) in [6, 6.07) is 18.2. The Balaban J connectivity index is 1.47. The van der Waals surface area contributed by atoms with Crippen LogP contribution in [0, 0.1) is 5.92 Å². The van der Waals surface area contributed by atoms with Gasteiger partial charge in [-0.15, -0.1) is 0 Å². The Morgan fingerprint density at radius 3 is 2.26 bits per heavy atom. The number of carbonyl (C=O) groups is 2. The van der Waals surface area contributed by atoms with Gasteiger partial charge in [0, 0.05) is 29.5 Å². The van der Waals surface area contributed by atoms with Crippen LogP contribution in [-0.2, 0) is 6.18 Å². The molecule has 0 bridgehead atoms. The molecule has 0 aliphatic heterocycles. The fourth-order valence-corrected chi connectivity index (χ4v) is 5.02. The van der Waals surface area contributed by atoms with Gasteiger partial charge in [0.15, 0.2) is 0 Å². The van der Waals surface area contributed by atoms with Gasteiger partial charge in [-0.1, -0.05) is 24.3 Å². The van der Waals surface area contributed by atoms with E-state index in [0.29, 0.717) is 16.8 Å². The van der Waals surface area contributed by atoms with Crippen molar-refractivity contribution in [3.05, 3.63) is 89.5 Å². The van der Waals surface area contributed by atoms with Gasteiger partial charge < -0.3 is 15.0 Å². The zero-order valence-electron chi connectivity index (χ0n) is 20.9. The fourth-order valence-electron chi connectivity index (χ4n) is 5.02. The Morgan fingerprint density at radius 1 is 0.872 bits per heavy atom. The second kappa shape index (κ2) is 10.9. The van der Waals surface area contributed by atoms with Crippen molar-refractivity contribution in [3.63, 3.8) is 0 Å². The molecule has 1 aliphatic carbocycles. The number of hydrogen-bond donors (Lipinski definition) is 3. The van der Waals surface area contributed by atoms with E-state index in [2.05, 4.69) is 15.6 Å². The summed E-state index contributed by atoms with van der Waals surface area (Å²) < 4.78 is 41.5. The van der Waals surface area contributed by atoms with Crippen molar-refractivity contribution in [2.45, 2.75) is 37.9 Å². The molecule has 3 aromatic carbocycles. The van der Waals surface area contributed by atoms with Gasteiger partial charge in [0.1, 0.15) is 0 Å². The Labute approximate surface area is 222 Å². The number of nitrogens with one attached hydrogen (secondary N) is 2.